The zero-order valence-corrected chi connectivity index (χ0v) is 13.4. The summed E-state index contributed by atoms with van der Waals surface area (Å²) < 4.78 is 11.2. The summed E-state index contributed by atoms with van der Waals surface area (Å²) in [6, 6.07) is 1.98. The molecule has 2 fully saturated rings. The molecule has 0 bridgehead atoms. The Morgan fingerprint density at radius 2 is 2.09 bits per heavy atom. The van der Waals surface area contributed by atoms with Crippen LogP contribution in [-0.2, 0) is 14.3 Å². The van der Waals surface area contributed by atoms with Crippen LogP contribution in [0.25, 0.3) is 0 Å². The number of primary amides is 1. The van der Waals surface area contributed by atoms with Crippen LogP contribution in [0.1, 0.15) is 17.6 Å². The van der Waals surface area contributed by atoms with E-state index in [1.54, 1.807) is 0 Å². The number of nitrogens with zero attached hydrogens (tertiary/aromatic N) is 4. The van der Waals surface area contributed by atoms with Crippen LogP contribution in [0.3, 0.4) is 0 Å². The fourth-order valence-electron chi connectivity index (χ4n) is 2.94. The first-order valence-corrected chi connectivity index (χ1v) is 7.92. The normalized spacial score (nSPS) is 23.0. The third kappa shape index (κ3) is 4.15. The average molecular weight is 321 g/mol. The van der Waals surface area contributed by atoms with E-state index in [-0.39, 0.29) is 18.6 Å². The van der Waals surface area contributed by atoms with Gasteiger partial charge in [0.15, 0.2) is 0 Å². The Morgan fingerprint density at radius 3 is 2.83 bits per heavy atom. The van der Waals surface area contributed by atoms with Gasteiger partial charge in [-0.1, -0.05) is 0 Å². The first-order chi connectivity index (χ1) is 11.1. The Balaban J connectivity index is 1.76. The van der Waals surface area contributed by atoms with E-state index in [9.17, 15) is 4.79 Å². The number of anilines is 1. The van der Waals surface area contributed by atoms with E-state index in [2.05, 4.69) is 14.9 Å². The number of carbonyl (C=O) groups excluding carboxylic acids is 1. The molecule has 3 rings (SSSR count). The lowest BCUT2D eigenvalue weighted by Gasteiger charge is -2.33. The maximum Gasteiger partial charge on any atom is 0.231 e. The molecule has 1 atom stereocenters. The van der Waals surface area contributed by atoms with Crippen molar-refractivity contribution in [2.45, 2.75) is 13.0 Å². The molecule has 2 saturated heterocycles. The van der Waals surface area contributed by atoms with Crippen LogP contribution in [0.4, 0.5) is 5.82 Å². The summed E-state index contributed by atoms with van der Waals surface area (Å²) in [6.45, 7) is 7.10. The molecule has 2 N–H and O–H groups in total. The van der Waals surface area contributed by atoms with E-state index in [1.807, 2.05) is 17.9 Å². The highest BCUT2D eigenvalue weighted by Gasteiger charge is 2.25. The molecule has 0 saturated carbocycles. The lowest BCUT2D eigenvalue weighted by atomic mass is 10.2. The van der Waals surface area contributed by atoms with E-state index in [4.69, 9.17) is 15.2 Å². The topological polar surface area (TPSA) is 93.8 Å². The Bertz CT molecular complexity index is 562. The summed E-state index contributed by atoms with van der Waals surface area (Å²) in [6.07, 6.45) is -0.162. The van der Waals surface area contributed by atoms with Gasteiger partial charge in [0, 0.05) is 32.2 Å². The molecule has 8 heteroatoms. The van der Waals surface area contributed by atoms with Gasteiger partial charge < -0.3 is 20.1 Å². The molecule has 126 valence electrons. The van der Waals surface area contributed by atoms with Gasteiger partial charge in [0.1, 0.15) is 17.7 Å². The van der Waals surface area contributed by atoms with Gasteiger partial charge in [-0.25, -0.2) is 9.97 Å². The molecule has 8 nitrogen and oxygen atoms in total. The van der Waals surface area contributed by atoms with Gasteiger partial charge in [0.05, 0.1) is 32.1 Å². The van der Waals surface area contributed by atoms with E-state index in [1.165, 1.54) is 0 Å². The van der Waals surface area contributed by atoms with E-state index in [0.29, 0.717) is 32.9 Å². The minimum atomic E-state index is -0.321. The molecule has 23 heavy (non-hydrogen) atoms. The SMILES string of the molecule is Cc1nc(C2CN(CC(N)=O)CCO2)cc(N2CCOCC2)n1. The minimum absolute atomic E-state index is 0.162. The second-order valence-corrected chi connectivity index (χ2v) is 5.86. The standard InChI is InChI=1S/C15H23N5O3/c1-11-17-12(8-15(18-11)20-3-5-22-6-4-20)13-9-19(2-7-23-13)10-14(16)21/h8,13H,2-7,9-10H2,1H3,(H2,16,21). The summed E-state index contributed by atoms with van der Waals surface area (Å²) in [4.78, 5) is 24.4. The molecule has 1 unspecified atom stereocenters. The second-order valence-electron chi connectivity index (χ2n) is 5.86. The van der Waals surface area contributed by atoms with Crippen molar-refractivity contribution in [3.63, 3.8) is 0 Å². The molecule has 1 aromatic rings. The van der Waals surface area contributed by atoms with Crippen LogP contribution >= 0.6 is 0 Å². The van der Waals surface area contributed by atoms with E-state index < -0.39 is 0 Å². The summed E-state index contributed by atoms with van der Waals surface area (Å²) in [5.41, 5.74) is 6.14. The Morgan fingerprint density at radius 1 is 1.30 bits per heavy atom. The minimum Gasteiger partial charge on any atom is -0.378 e. The van der Waals surface area contributed by atoms with Crippen LogP contribution in [-0.4, -0.2) is 73.3 Å². The Hall–Kier alpha value is -1.77. The highest BCUT2D eigenvalue weighted by atomic mass is 16.5. The third-order valence-corrected chi connectivity index (χ3v) is 4.04. The highest BCUT2D eigenvalue weighted by Crippen LogP contribution is 2.24. The number of morpholine rings is 2. The predicted octanol–water partition coefficient (Wildman–Crippen LogP) is -0.520. The molecule has 1 amide bonds. The predicted molar refractivity (Wildman–Crippen MR) is 84.1 cm³/mol. The summed E-state index contributed by atoms with van der Waals surface area (Å²) in [7, 11) is 0. The number of aromatic nitrogens is 2. The fraction of sp³-hybridized carbons (Fsp3) is 0.667. The van der Waals surface area contributed by atoms with Crippen LogP contribution in [0, 0.1) is 6.92 Å². The zero-order valence-electron chi connectivity index (χ0n) is 13.4. The van der Waals surface area contributed by atoms with Crippen molar-refractivity contribution in [1.82, 2.24) is 14.9 Å². The van der Waals surface area contributed by atoms with Crippen molar-refractivity contribution in [2.24, 2.45) is 5.73 Å². The average Bonchev–Trinajstić information content (AvgIpc) is 2.55. The van der Waals surface area contributed by atoms with Crippen LogP contribution < -0.4 is 10.6 Å². The van der Waals surface area contributed by atoms with Gasteiger partial charge in [-0.2, -0.15) is 0 Å². The Labute approximate surface area is 135 Å². The van der Waals surface area contributed by atoms with Gasteiger partial charge >= 0.3 is 0 Å². The molecular weight excluding hydrogens is 298 g/mol. The van der Waals surface area contributed by atoms with Crippen molar-refractivity contribution in [3.05, 3.63) is 17.6 Å². The molecular formula is C15H23N5O3. The molecule has 3 heterocycles. The van der Waals surface area contributed by atoms with Crippen LogP contribution in [0.5, 0.6) is 0 Å². The van der Waals surface area contributed by atoms with Crippen LogP contribution in [0.2, 0.25) is 0 Å². The van der Waals surface area contributed by atoms with Gasteiger partial charge in [0.25, 0.3) is 0 Å². The molecule has 2 aliphatic heterocycles. The largest absolute Gasteiger partial charge is 0.378 e. The van der Waals surface area contributed by atoms with E-state index >= 15 is 0 Å². The lowest BCUT2D eigenvalue weighted by Crippen LogP contribution is -2.43. The van der Waals surface area contributed by atoms with Gasteiger partial charge in [-0.05, 0) is 6.92 Å². The smallest absolute Gasteiger partial charge is 0.231 e. The molecule has 0 spiro atoms. The number of ether oxygens (including phenoxy) is 2. The van der Waals surface area contributed by atoms with Crippen molar-refractivity contribution in [1.29, 1.82) is 0 Å². The molecule has 0 aromatic carbocycles. The summed E-state index contributed by atoms with van der Waals surface area (Å²) in [5, 5.41) is 0. The molecule has 0 radical (unpaired) electrons. The first-order valence-electron chi connectivity index (χ1n) is 7.92. The monoisotopic (exact) mass is 321 g/mol. The number of aryl methyl sites for hydroxylation is 1. The third-order valence-electron chi connectivity index (χ3n) is 4.04. The zero-order chi connectivity index (χ0) is 16.2. The summed E-state index contributed by atoms with van der Waals surface area (Å²) >= 11 is 0. The van der Waals surface area contributed by atoms with E-state index in [0.717, 1.165) is 30.4 Å². The maximum absolute atomic E-state index is 11.1. The number of carbonyl (C=O) groups is 1. The van der Waals surface area contributed by atoms with Crippen molar-refractivity contribution < 1.29 is 14.3 Å². The number of amides is 1. The van der Waals surface area contributed by atoms with Crippen molar-refractivity contribution in [3.8, 4) is 0 Å². The number of hydrogen-bond donors (Lipinski definition) is 1. The Kier molecular flexibility index (Phi) is 5.04. The fourth-order valence-corrected chi connectivity index (χ4v) is 2.94. The van der Waals surface area contributed by atoms with Gasteiger partial charge in [-0.15, -0.1) is 0 Å². The molecule has 1 aromatic heterocycles. The highest BCUT2D eigenvalue weighted by molar-refractivity contribution is 5.75. The van der Waals surface area contributed by atoms with Crippen molar-refractivity contribution >= 4 is 11.7 Å². The summed E-state index contributed by atoms with van der Waals surface area (Å²) in [5.74, 6) is 1.31. The number of rotatable bonds is 4. The number of hydrogen-bond acceptors (Lipinski definition) is 7. The van der Waals surface area contributed by atoms with Crippen LogP contribution in [0.15, 0.2) is 6.07 Å². The second kappa shape index (κ2) is 7.20. The molecule has 2 aliphatic rings. The lowest BCUT2D eigenvalue weighted by molar-refractivity contribution is -0.121. The van der Waals surface area contributed by atoms with Gasteiger partial charge in [0.2, 0.25) is 5.91 Å². The first kappa shape index (κ1) is 16.1. The molecule has 0 aliphatic carbocycles. The number of nitrogens with two attached hydrogens (primary N) is 1. The maximum atomic E-state index is 11.1. The van der Waals surface area contributed by atoms with Crippen molar-refractivity contribution in [2.75, 3.05) is 57.4 Å². The van der Waals surface area contributed by atoms with Gasteiger partial charge in [-0.3, -0.25) is 9.69 Å². The quantitative estimate of drug-likeness (QED) is 0.797.